The molecule has 0 aromatic heterocycles. The Bertz CT molecular complexity index is 1040. The van der Waals surface area contributed by atoms with Crippen LogP contribution < -0.4 is 9.96 Å². The molecular weight excluding hydrogens is 424 g/mol. The molecule has 162 valence electrons. The Morgan fingerprint density at radius 2 is 1.71 bits per heavy atom. The number of ether oxygens (including phenoxy) is 2. The highest BCUT2D eigenvalue weighted by Crippen LogP contribution is 2.59. The standard InChI is InChI=1S/C22H21ClN2O6/c1-24-17-13-14(23)9-10-16(17)22(18(24)26)21(19(27)29-2,20(28)30-3)11-12-31-25(22)15-7-5-4-6-8-15/h4-10,13H,11-12H2,1-3H3. The fourth-order valence-corrected chi connectivity index (χ4v) is 4.83. The number of likely N-dealkylation sites (N-methyl/N-ethyl adjacent to an activating group) is 1. The topological polar surface area (TPSA) is 85.4 Å². The zero-order chi connectivity index (χ0) is 22.4. The van der Waals surface area contributed by atoms with Crippen molar-refractivity contribution in [2.24, 2.45) is 5.41 Å². The van der Waals surface area contributed by atoms with Gasteiger partial charge in [-0.05, 0) is 24.3 Å². The third kappa shape index (κ3) is 2.61. The normalized spacial score (nSPS) is 21.7. The zero-order valence-corrected chi connectivity index (χ0v) is 18.0. The molecule has 2 aromatic carbocycles. The summed E-state index contributed by atoms with van der Waals surface area (Å²) in [4.78, 5) is 48.1. The first kappa shape index (κ1) is 21.1. The lowest BCUT2D eigenvalue weighted by atomic mass is 9.62. The first-order chi connectivity index (χ1) is 14.9. The van der Waals surface area contributed by atoms with Crippen LogP contribution in [0.3, 0.4) is 0 Å². The number of fused-ring (bicyclic) bond motifs is 2. The Hall–Kier alpha value is -3.10. The zero-order valence-electron chi connectivity index (χ0n) is 17.3. The molecule has 2 aliphatic heterocycles. The van der Waals surface area contributed by atoms with Crippen molar-refractivity contribution in [2.75, 3.05) is 37.8 Å². The maximum atomic E-state index is 14.0. The summed E-state index contributed by atoms with van der Waals surface area (Å²) in [6.45, 7) is -0.0131. The number of esters is 2. The first-order valence-corrected chi connectivity index (χ1v) is 9.97. The third-order valence-electron chi connectivity index (χ3n) is 6.00. The number of hydrogen-bond donors (Lipinski definition) is 0. The average molecular weight is 445 g/mol. The van der Waals surface area contributed by atoms with E-state index in [1.54, 1.807) is 49.5 Å². The molecule has 9 heteroatoms. The van der Waals surface area contributed by atoms with Gasteiger partial charge >= 0.3 is 11.9 Å². The van der Waals surface area contributed by atoms with E-state index in [0.29, 0.717) is 22.0 Å². The molecule has 0 bridgehead atoms. The summed E-state index contributed by atoms with van der Waals surface area (Å²) >= 11 is 6.20. The van der Waals surface area contributed by atoms with Crippen molar-refractivity contribution in [3.05, 3.63) is 59.1 Å². The first-order valence-electron chi connectivity index (χ1n) is 9.59. The van der Waals surface area contributed by atoms with E-state index in [-0.39, 0.29) is 13.0 Å². The van der Waals surface area contributed by atoms with Crippen LogP contribution >= 0.6 is 11.6 Å². The lowest BCUT2D eigenvalue weighted by Gasteiger charge is -2.52. The van der Waals surface area contributed by atoms with Crippen molar-refractivity contribution < 1.29 is 28.7 Å². The van der Waals surface area contributed by atoms with Gasteiger partial charge in [-0.1, -0.05) is 35.9 Å². The van der Waals surface area contributed by atoms with Crippen molar-refractivity contribution in [1.29, 1.82) is 0 Å². The minimum absolute atomic E-state index is 0.0131. The van der Waals surface area contributed by atoms with Crippen LogP contribution in [0, 0.1) is 5.41 Å². The number of carbonyl (C=O) groups is 3. The van der Waals surface area contributed by atoms with Crippen LogP contribution in [0.25, 0.3) is 0 Å². The Morgan fingerprint density at radius 3 is 2.32 bits per heavy atom. The molecule has 0 N–H and O–H groups in total. The number of benzene rings is 2. The number of methoxy groups -OCH3 is 2. The van der Waals surface area contributed by atoms with E-state index < -0.39 is 28.8 Å². The maximum Gasteiger partial charge on any atom is 0.326 e. The van der Waals surface area contributed by atoms with E-state index in [0.717, 1.165) is 0 Å². The molecule has 2 aromatic rings. The number of amides is 1. The van der Waals surface area contributed by atoms with Crippen molar-refractivity contribution in [1.82, 2.24) is 0 Å². The Labute approximate surface area is 184 Å². The number of rotatable bonds is 3. The van der Waals surface area contributed by atoms with E-state index in [4.69, 9.17) is 25.9 Å². The summed E-state index contributed by atoms with van der Waals surface area (Å²) in [6, 6.07) is 13.7. The van der Waals surface area contributed by atoms with Gasteiger partial charge in [-0.15, -0.1) is 0 Å². The van der Waals surface area contributed by atoms with Crippen molar-refractivity contribution in [3.63, 3.8) is 0 Å². The van der Waals surface area contributed by atoms with Crippen LogP contribution in [-0.4, -0.2) is 45.7 Å². The number of anilines is 2. The predicted octanol–water partition coefficient (Wildman–Crippen LogP) is 2.69. The van der Waals surface area contributed by atoms with E-state index in [1.165, 1.54) is 24.2 Å². The summed E-state index contributed by atoms with van der Waals surface area (Å²) in [5.41, 5.74) is -2.58. The van der Waals surface area contributed by atoms with Gasteiger partial charge in [-0.2, -0.15) is 0 Å². The van der Waals surface area contributed by atoms with E-state index in [9.17, 15) is 14.4 Å². The molecule has 1 saturated heterocycles. The minimum atomic E-state index is -2.02. The monoisotopic (exact) mass is 444 g/mol. The van der Waals surface area contributed by atoms with Gasteiger partial charge in [0, 0.05) is 24.1 Å². The molecule has 1 unspecified atom stereocenters. The van der Waals surface area contributed by atoms with Crippen LogP contribution in [0.15, 0.2) is 48.5 Å². The number of hydroxylamine groups is 1. The molecule has 1 atom stereocenters. The second-order valence-electron chi connectivity index (χ2n) is 7.34. The third-order valence-corrected chi connectivity index (χ3v) is 6.24. The second-order valence-corrected chi connectivity index (χ2v) is 7.77. The average Bonchev–Trinajstić information content (AvgIpc) is 3.01. The van der Waals surface area contributed by atoms with Crippen LogP contribution in [0.5, 0.6) is 0 Å². The molecule has 1 spiro atoms. The Morgan fingerprint density at radius 1 is 1.06 bits per heavy atom. The van der Waals surface area contributed by atoms with Gasteiger partial charge in [0.2, 0.25) is 5.41 Å². The summed E-state index contributed by atoms with van der Waals surface area (Å²) in [5.74, 6) is -2.30. The van der Waals surface area contributed by atoms with Gasteiger partial charge < -0.3 is 14.4 Å². The lowest BCUT2D eigenvalue weighted by molar-refractivity contribution is -0.191. The second kappa shape index (κ2) is 7.55. The summed E-state index contributed by atoms with van der Waals surface area (Å²) in [5, 5.41) is 1.74. The molecule has 1 amide bonds. The SMILES string of the molecule is COC(=O)C1(C(=O)OC)CCON(c2ccccc2)C12C(=O)N(C)c1cc(Cl)ccc12. The lowest BCUT2D eigenvalue weighted by Crippen LogP contribution is -2.71. The van der Waals surface area contributed by atoms with E-state index >= 15 is 0 Å². The highest BCUT2D eigenvalue weighted by Gasteiger charge is 2.76. The Kier molecular flexibility index (Phi) is 5.15. The van der Waals surface area contributed by atoms with Gasteiger partial charge in [0.1, 0.15) is 0 Å². The number of hydrogen-bond acceptors (Lipinski definition) is 7. The van der Waals surface area contributed by atoms with Crippen LogP contribution in [-0.2, 0) is 34.2 Å². The van der Waals surface area contributed by atoms with Gasteiger partial charge in [-0.25, -0.2) is 5.06 Å². The number of nitrogens with zero attached hydrogens (tertiary/aromatic N) is 2. The largest absolute Gasteiger partial charge is 0.468 e. The number of carbonyl (C=O) groups excluding carboxylic acids is 3. The summed E-state index contributed by atoms with van der Waals surface area (Å²) < 4.78 is 10.2. The van der Waals surface area contributed by atoms with Crippen molar-refractivity contribution in [2.45, 2.75) is 12.0 Å². The van der Waals surface area contributed by atoms with Crippen LogP contribution in [0.4, 0.5) is 11.4 Å². The van der Waals surface area contributed by atoms with Crippen molar-refractivity contribution in [3.8, 4) is 0 Å². The fourth-order valence-electron chi connectivity index (χ4n) is 4.67. The highest BCUT2D eigenvalue weighted by atomic mass is 35.5. The molecular formula is C22H21ClN2O6. The summed E-state index contributed by atoms with van der Waals surface area (Å²) in [7, 11) is 3.91. The quantitative estimate of drug-likeness (QED) is 0.531. The molecule has 4 rings (SSSR count). The predicted molar refractivity (Wildman–Crippen MR) is 112 cm³/mol. The van der Waals surface area contributed by atoms with Gasteiger partial charge in [0.15, 0.2) is 5.54 Å². The highest BCUT2D eigenvalue weighted by molar-refractivity contribution is 6.31. The van der Waals surface area contributed by atoms with Gasteiger partial charge in [0.25, 0.3) is 5.91 Å². The van der Waals surface area contributed by atoms with Crippen molar-refractivity contribution >= 4 is 40.8 Å². The molecule has 0 aliphatic carbocycles. The molecule has 31 heavy (non-hydrogen) atoms. The molecule has 0 saturated carbocycles. The number of para-hydroxylation sites is 1. The molecule has 0 radical (unpaired) electrons. The van der Waals surface area contributed by atoms with E-state index in [1.807, 2.05) is 6.07 Å². The minimum Gasteiger partial charge on any atom is -0.468 e. The van der Waals surface area contributed by atoms with E-state index in [2.05, 4.69) is 0 Å². The molecule has 1 fully saturated rings. The van der Waals surface area contributed by atoms with Crippen LogP contribution in [0.1, 0.15) is 12.0 Å². The van der Waals surface area contributed by atoms with Gasteiger partial charge in [0.05, 0.1) is 32.2 Å². The molecule has 8 nitrogen and oxygen atoms in total. The maximum absolute atomic E-state index is 14.0. The number of halogens is 1. The van der Waals surface area contributed by atoms with Crippen LogP contribution in [0.2, 0.25) is 5.02 Å². The molecule has 2 aliphatic rings. The van der Waals surface area contributed by atoms with Gasteiger partial charge in [-0.3, -0.25) is 19.2 Å². The molecule has 2 heterocycles. The summed E-state index contributed by atoms with van der Waals surface area (Å²) in [6.07, 6.45) is -0.114. The smallest absolute Gasteiger partial charge is 0.326 e. The fraction of sp³-hybridized carbons (Fsp3) is 0.318. The Balaban J connectivity index is 2.14.